The van der Waals surface area contributed by atoms with Crippen LogP contribution >= 0.6 is 0 Å². The van der Waals surface area contributed by atoms with Crippen LogP contribution in [0.25, 0.3) is 6.08 Å². The zero-order chi connectivity index (χ0) is 20.9. The maximum absolute atomic E-state index is 13.0. The highest BCUT2D eigenvalue weighted by molar-refractivity contribution is 6.01. The van der Waals surface area contributed by atoms with Crippen molar-refractivity contribution in [1.82, 2.24) is 0 Å². The Morgan fingerprint density at radius 2 is 1.82 bits per heavy atom. The maximum atomic E-state index is 13.0. The smallest absolute Gasteiger partial charge is 0.416 e. The molecule has 0 bridgehead atoms. The zero-order valence-electron chi connectivity index (χ0n) is 15.8. The number of esters is 2. The van der Waals surface area contributed by atoms with Crippen molar-refractivity contribution in [1.29, 1.82) is 0 Å². The van der Waals surface area contributed by atoms with Gasteiger partial charge in [0.1, 0.15) is 0 Å². The van der Waals surface area contributed by atoms with Gasteiger partial charge < -0.3 is 9.47 Å². The Morgan fingerprint density at radius 1 is 1.21 bits per heavy atom. The molecule has 0 aliphatic heterocycles. The van der Waals surface area contributed by atoms with Crippen molar-refractivity contribution < 1.29 is 32.2 Å². The number of allylic oxidation sites excluding steroid dienone is 2. The van der Waals surface area contributed by atoms with E-state index in [0.29, 0.717) is 11.1 Å². The number of benzene rings is 1. The molecule has 1 fully saturated rings. The summed E-state index contributed by atoms with van der Waals surface area (Å²) in [5.74, 6) is -1.73. The van der Waals surface area contributed by atoms with Gasteiger partial charge in [0.2, 0.25) is 0 Å². The van der Waals surface area contributed by atoms with Gasteiger partial charge in [-0.15, -0.1) is 6.58 Å². The Kier molecular flexibility index (Phi) is 6.69. The molecule has 4 nitrogen and oxygen atoms in total. The summed E-state index contributed by atoms with van der Waals surface area (Å²) >= 11 is 0. The molecule has 1 atom stereocenters. The third-order valence-electron chi connectivity index (χ3n) is 4.73. The molecule has 0 aromatic heterocycles. The topological polar surface area (TPSA) is 52.6 Å². The predicted molar refractivity (Wildman–Crippen MR) is 98.0 cm³/mol. The second kappa shape index (κ2) is 8.63. The van der Waals surface area contributed by atoms with Crippen molar-refractivity contribution in [2.24, 2.45) is 11.3 Å². The summed E-state index contributed by atoms with van der Waals surface area (Å²) in [5, 5.41) is 0. The largest absolute Gasteiger partial charge is 0.465 e. The fourth-order valence-electron chi connectivity index (χ4n) is 3.40. The van der Waals surface area contributed by atoms with E-state index in [9.17, 15) is 22.8 Å². The third kappa shape index (κ3) is 4.46. The van der Waals surface area contributed by atoms with Crippen molar-refractivity contribution in [3.8, 4) is 0 Å². The SMILES string of the molecule is C=CC1CC(C(=O)OCC)(C(=O)OCC)C/C1=C\c1cccc(C(F)(F)F)c1. The molecule has 2 rings (SSSR count). The van der Waals surface area contributed by atoms with Gasteiger partial charge in [-0.05, 0) is 50.3 Å². The summed E-state index contributed by atoms with van der Waals surface area (Å²) in [7, 11) is 0. The predicted octanol–water partition coefficient (Wildman–Crippen LogP) is 4.80. The molecule has 0 heterocycles. The van der Waals surface area contributed by atoms with E-state index >= 15 is 0 Å². The molecule has 1 aromatic carbocycles. The molecule has 7 heteroatoms. The van der Waals surface area contributed by atoms with Crippen LogP contribution < -0.4 is 0 Å². The number of hydrogen-bond acceptors (Lipinski definition) is 4. The van der Waals surface area contributed by atoms with Gasteiger partial charge in [0, 0.05) is 0 Å². The second-order valence-electron chi connectivity index (χ2n) is 6.59. The van der Waals surface area contributed by atoms with Crippen LogP contribution in [0.1, 0.15) is 37.8 Å². The van der Waals surface area contributed by atoms with E-state index in [0.717, 1.165) is 12.1 Å². The molecule has 1 aliphatic carbocycles. The zero-order valence-corrected chi connectivity index (χ0v) is 15.8. The summed E-state index contributed by atoms with van der Waals surface area (Å²) < 4.78 is 49.1. The number of alkyl halides is 3. The van der Waals surface area contributed by atoms with Gasteiger partial charge in [-0.1, -0.05) is 29.9 Å². The number of hydrogen-bond donors (Lipinski definition) is 0. The van der Waals surface area contributed by atoms with Crippen molar-refractivity contribution >= 4 is 18.0 Å². The fourth-order valence-corrected chi connectivity index (χ4v) is 3.40. The number of carbonyl (C=O) groups is 2. The van der Waals surface area contributed by atoms with Gasteiger partial charge in [0.15, 0.2) is 5.41 Å². The third-order valence-corrected chi connectivity index (χ3v) is 4.73. The lowest BCUT2D eigenvalue weighted by molar-refractivity contribution is -0.171. The van der Waals surface area contributed by atoms with E-state index in [1.165, 1.54) is 12.1 Å². The molecule has 1 unspecified atom stereocenters. The van der Waals surface area contributed by atoms with Gasteiger partial charge in [-0.25, -0.2) is 0 Å². The van der Waals surface area contributed by atoms with Crippen LogP contribution in [0.15, 0.2) is 42.5 Å². The first-order chi connectivity index (χ1) is 13.2. The van der Waals surface area contributed by atoms with Crippen molar-refractivity contribution in [2.75, 3.05) is 13.2 Å². The highest BCUT2D eigenvalue weighted by Gasteiger charge is 2.55. The average Bonchev–Trinajstić information content (AvgIpc) is 3.01. The highest BCUT2D eigenvalue weighted by Crippen LogP contribution is 2.48. The monoisotopic (exact) mass is 396 g/mol. The molecule has 0 amide bonds. The van der Waals surface area contributed by atoms with Crippen molar-refractivity contribution in [3.63, 3.8) is 0 Å². The summed E-state index contributed by atoms with van der Waals surface area (Å²) in [6.45, 7) is 7.22. The molecule has 1 aromatic rings. The van der Waals surface area contributed by atoms with Crippen LogP contribution in [0.2, 0.25) is 0 Å². The molecule has 152 valence electrons. The normalized spacial score (nSPS) is 20.0. The lowest BCUT2D eigenvalue weighted by Crippen LogP contribution is -2.40. The number of ether oxygens (including phenoxy) is 2. The van der Waals surface area contributed by atoms with E-state index < -0.39 is 29.1 Å². The summed E-state index contributed by atoms with van der Waals surface area (Å²) in [4.78, 5) is 25.2. The second-order valence-corrected chi connectivity index (χ2v) is 6.59. The average molecular weight is 396 g/mol. The number of halogens is 3. The van der Waals surface area contributed by atoms with Crippen molar-refractivity contribution in [2.45, 2.75) is 32.9 Å². The highest BCUT2D eigenvalue weighted by atomic mass is 19.4. The molecule has 1 saturated carbocycles. The van der Waals surface area contributed by atoms with E-state index in [2.05, 4.69) is 6.58 Å². The Labute approximate surface area is 162 Å². The van der Waals surface area contributed by atoms with E-state index in [4.69, 9.17) is 9.47 Å². The number of carbonyl (C=O) groups excluding carboxylic acids is 2. The molecule has 0 N–H and O–H groups in total. The van der Waals surface area contributed by atoms with Crippen LogP contribution in [0.3, 0.4) is 0 Å². The summed E-state index contributed by atoms with van der Waals surface area (Å²) in [5.41, 5.74) is -1.31. The Bertz CT molecular complexity index is 762. The van der Waals surface area contributed by atoms with Crippen LogP contribution in [-0.4, -0.2) is 25.2 Å². The molecular formula is C21H23F3O4. The van der Waals surface area contributed by atoms with Gasteiger partial charge in [-0.2, -0.15) is 13.2 Å². The first-order valence-electron chi connectivity index (χ1n) is 9.02. The van der Waals surface area contributed by atoms with Gasteiger partial charge in [-0.3, -0.25) is 9.59 Å². The Morgan fingerprint density at radius 3 is 2.32 bits per heavy atom. The maximum Gasteiger partial charge on any atom is 0.416 e. The van der Waals surface area contributed by atoms with E-state index in [1.807, 2.05) is 0 Å². The first-order valence-corrected chi connectivity index (χ1v) is 9.02. The minimum absolute atomic E-state index is 0.0115. The molecule has 1 aliphatic rings. The van der Waals surface area contributed by atoms with Gasteiger partial charge in [0.05, 0.1) is 18.8 Å². The van der Waals surface area contributed by atoms with Crippen LogP contribution in [-0.2, 0) is 25.2 Å². The Balaban J connectivity index is 2.45. The standard InChI is InChI=1S/C21H23F3O4/c1-4-15-12-20(18(25)27-5-2,19(26)28-6-3)13-16(15)10-14-8-7-9-17(11-14)21(22,23)24/h4,7-11,15H,1,5-6,12-13H2,2-3H3/b16-10+. The lowest BCUT2D eigenvalue weighted by Gasteiger charge is -2.24. The van der Waals surface area contributed by atoms with Gasteiger partial charge in [0.25, 0.3) is 0 Å². The number of rotatable bonds is 6. The quantitative estimate of drug-likeness (QED) is 0.394. The molecule has 28 heavy (non-hydrogen) atoms. The summed E-state index contributed by atoms with van der Waals surface area (Å²) in [6, 6.07) is 4.87. The van der Waals surface area contributed by atoms with Crippen molar-refractivity contribution in [3.05, 3.63) is 53.6 Å². The minimum Gasteiger partial charge on any atom is -0.465 e. The van der Waals surface area contributed by atoms with Gasteiger partial charge >= 0.3 is 18.1 Å². The Hall–Kier alpha value is -2.57. The minimum atomic E-state index is -4.46. The molecule has 0 spiro atoms. The van der Waals surface area contributed by atoms with E-state index in [1.54, 1.807) is 26.0 Å². The first kappa shape index (κ1) is 21.7. The molecule has 0 saturated heterocycles. The summed E-state index contributed by atoms with van der Waals surface area (Å²) in [6.07, 6.45) is -1.18. The van der Waals surface area contributed by atoms with Crippen LogP contribution in [0, 0.1) is 11.3 Å². The van der Waals surface area contributed by atoms with Crippen LogP contribution in [0.5, 0.6) is 0 Å². The van der Waals surface area contributed by atoms with Crippen LogP contribution in [0.4, 0.5) is 13.2 Å². The fraction of sp³-hybridized carbons (Fsp3) is 0.429. The molecular weight excluding hydrogens is 373 g/mol. The van der Waals surface area contributed by atoms with E-state index in [-0.39, 0.29) is 32.0 Å². The molecule has 0 radical (unpaired) electrons. The lowest BCUT2D eigenvalue weighted by atomic mass is 9.85.